The van der Waals surface area contributed by atoms with E-state index in [1.54, 1.807) is 0 Å². The summed E-state index contributed by atoms with van der Waals surface area (Å²) in [6.07, 6.45) is 3.92. The minimum absolute atomic E-state index is 0.161. The van der Waals surface area contributed by atoms with Crippen molar-refractivity contribution in [1.82, 2.24) is 9.80 Å². The summed E-state index contributed by atoms with van der Waals surface area (Å²) in [5, 5.41) is 0. The van der Waals surface area contributed by atoms with Crippen molar-refractivity contribution in [3.63, 3.8) is 0 Å². The van der Waals surface area contributed by atoms with Gasteiger partial charge in [0.15, 0.2) is 0 Å². The van der Waals surface area contributed by atoms with Crippen LogP contribution in [0.5, 0.6) is 0 Å². The lowest BCUT2D eigenvalue weighted by molar-refractivity contribution is -0.133. The van der Waals surface area contributed by atoms with Gasteiger partial charge in [0.25, 0.3) is 0 Å². The van der Waals surface area contributed by atoms with Gasteiger partial charge in [-0.05, 0) is 31.8 Å². The van der Waals surface area contributed by atoms with E-state index in [1.165, 1.54) is 12.8 Å². The van der Waals surface area contributed by atoms with Crippen molar-refractivity contribution < 1.29 is 9.18 Å². The van der Waals surface area contributed by atoms with Gasteiger partial charge in [-0.25, -0.2) is 4.39 Å². The molecule has 0 aromatic heterocycles. The summed E-state index contributed by atoms with van der Waals surface area (Å²) in [6, 6.07) is 0. The summed E-state index contributed by atoms with van der Waals surface area (Å²) in [6.45, 7) is 12.0. The summed E-state index contributed by atoms with van der Waals surface area (Å²) >= 11 is 0. The fourth-order valence-corrected chi connectivity index (χ4v) is 3.16. The van der Waals surface area contributed by atoms with E-state index in [9.17, 15) is 9.18 Å². The Morgan fingerprint density at radius 3 is 2.14 bits per heavy atom. The van der Waals surface area contributed by atoms with E-state index in [2.05, 4.69) is 11.8 Å². The Morgan fingerprint density at radius 2 is 1.67 bits per heavy atom. The summed E-state index contributed by atoms with van der Waals surface area (Å²) < 4.78 is 14.8. The molecule has 0 radical (unpaired) electrons. The zero-order valence-electron chi connectivity index (χ0n) is 14.3. The first-order valence-electron chi connectivity index (χ1n) is 8.71. The molecule has 2 rings (SSSR count). The van der Waals surface area contributed by atoms with Crippen LogP contribution in [0.3, 0.4) is 0 Å². The van der Waals surface area contributed by atoms with E-state index in [4.69, 9.17) is 0 Å². The molecule has 21 heavy (non-hydrogen) atoms. The van der Waals surface area contributed by atoms with Crippen molar-refractivity contribution in [3.05, 3.63) is 0 Å². The van der Waals surface area contributed by atoms with Crippen LogP contribution in [-0.4, -0.2) is 54.1 Å². The Bertz CT molecular complexity index is 306. The average Bonchev–Trinajstić information content (AvgIpc) is 2.51. The smallest absolute Gasteiger partial charge is 0.222 e. The number of likely N-dealkylation sites (tertiary alicyclic amines) is 2. The number of nitrogens with zero attached hydrogens (tertiary/aromatic N) is 2. The molecule has 0 N–H and O–H groups in total. The predicted octanol–water partition coefficient (Wildman–Crippen LogP) is 3.49. The number of amides is 1. The summed E-state index contributed by atoms with van der Waals surface area (Å²) in [7, 11) is 0. The molecule has 1 amide bonds. The fraction of sp³-hybridized carbons (Fsp3) is 0.941. The Morgan fingerprint density at radius 1 is 1.14 bits per heavy atom. The van der Waals surface area contributed by atoms with Gasteiger partial charge in [0.2, 0.25) is 5.91 Å². The monoisotopic (exact) mass is 300 g/mol. The SMILES string of the molecule is CC.CCC(=O)N1CCC(F)(CN2CCC(C)CC2)CC1. The number of hydrogen-bond donors (Lipinski definition) is 0. The predicted molar refractivity (Wildman–Crippen MR) is 86.1 cm³/mol. The van der Waals surface area contributed by atoms with Crippen molar-refractivity contribution >= 4 is 5.91 Å². The molecule has 2 heterocycles. The Balaban J connectivity index is 0.00000106. The maximum Gasteiger partial charge on any atom is 0.222 e. The first-order valence-corrected chi connectivity index (χ1v) is 8.71. The molecule has 0 atom stereocenters. The first-order chi connectivity index (χ1) is 10.0. The molecule has 0 saturated carbocycles. The number of alkyl halides is 1. The van der Waals surface area contributed by atoms with Crippen LogP contribution in [0.2, 0.25) is 0 Å². The van der Waals surface area contributed by atoms with Gasteiger partial charge in [-0.1, -0.05) is 27.7 Å². The van der Waals surface area contributed by atoms with Crippen molar-refractivity contribution in [2.75, 3.05) is 32.7 Å². The molecule has 0 unspecified atom stereocenters. The van der Waals surface area contributed by atoms with Crippen molar-refractivity contribution in [3.8, 4) is 0 Å². The van der Waals surface area contributed by atoms with E-state index in [1.807, 2.05) is 25.7 Å². The molecule has 2 aliphatic rings. The minimum Gasteiger partial charge on any atom is -0.342 e. The largest absolute Gasteiger partial charge is 0.342 e. The average molecular weight is 300 g/mol. The standard InChI is InChI=1S/C15H27FN2O.C2H6/c1-3-14(19)18-10-6-15(16,7-11-18)12-17-8-4-13(2)5-9-17;1-2/h13H,3-12H2,1-2H3;1-2H3. The molecule has 124 valence electrons. The number of carbonyl (C=O) groups excluding carboxylic acids is 1. The molecule has 2 fully saturated rings. The molecule has 0 aromatic carbocycles. The third-order valence-electron chi connectivity index (χ3n) is 4.70. The van der Waals surface area contributed by atoms with Gasteiger partial charge < -0.3 is 9.80 Å². The first kappa shape index (κ1) is 18.4. The lowest BCUT2D eigenvalue weighted by atomic mass is 9.90. The van der Waals surface area contributed by atoms with Crippen LogP contribution < -0.4 is 0 Å². The quantitative estimate of drug-likeness (QED) is 0.796. The lowest BCUT2D eigenvalue weighted by Gasteiger charge is -2.40. The van der Waals surface area contributed by atoms with E-state index in [0.717, 1.165) is 19.0 Å². The zero-order chi connectivity index (χ0) is 15.9. The molecule has 2 aliphatic heterocycles. The fourth-order valence-electron chi connectivity index (χ4n) is 3.16. The summed E-state index contributed by atoms with van der Waals surface area (Å²) in [5.41, 5.74) is -1.08. The second-order valence-electron chi connectivity index (χ2n) is 6.34. The van der Waals surface area contributed by atoms with Gasteiger partial charge in [-0.2, -0.15) is 0 Å². The van der Waals surface area contributed by atoms with E-state index >= 15 is 0 Å². The van der Waals surface area contributed by atoms with Crippen LogP contribution in [0.15, 0.2) is 0 Å². The van der Waals surface area contributed by atoms with E-state index in [-0.39, 0.29) is 5.91 Å². The molecular formula is C17H33FN2O. The highest BCUT2D eigenvalue weighted by Gasteiger charge is 2.37. The van der Waals surface area contributed by atoms with Crippen LogP contribution in [0.4, 0.5) is 4.39 Å². The summed E-state index contributed by atoms with van der Waals surface area (Å²) in [5.74, 6) is 0.949. The third-order valence-corrected chi connectivity index (χ3v) is 4.70. The highest BCUT2D eigenvalue weighted by Crippen LogP contribution is 2.29. The highest BCUT2D eigenvalue weighted by molar-refractivity contribution is 5.75. The van der Waals surface area contributed by atoms with Gasteiger partial charge in [0, 0.05) is 38.9 Å². The second-order valence-corrected chi connectivity index (χ2v) is 6.34. The molecule has 0 spiro atoms. The van der Waals surface area contributed by atoms with E-state index in [0.29, 0.717) is 38.9 Å². The van der Waals surface area contributed by atoms with Crippen LogP contribution in [0, 0.1) is 5.92 Å². The minimum atomic E-state index is -1.08. The molecular weight excluding hydrogens is 267 g/mol. The van der Waals surface area contributed by atoms with Crippen molar-refractivity contribution in [2.24, 2.45) is 5.92 Å². The number of hydrogen-bond acceptors (Lipinski definition) is 2. The topological polar surface area (TPSA) is 23.6 Å². The molecule has 4 heteroatoms. The number of piperidine rings is 2. The van der Waals surface area contributed by atoms with Gasteiger partial charge in [0.1, 0.15) is 5.67 Å². The number of rotatable bonds is 3. The normalized spacial score (nSPS) is 23.4. The van der Waals surface area contributed by atoms with E-state index < -0.39 is 5.67 Å². The Labute approximate surface area is 129 Å². The maximum atomic E-state index is 14.8. The van der Waals surface area contributed by atoms with Gasteiger partial charge in [-0.3, -0.25) is 4.79 Å². The number of halogens is 1. The van der Waals surface area contributed by atoms with Crippen LogP contribution in [-0.2, 0) is 4.79 Å². The van der Waals surface area contributed by atoms with Gasteiger partial charge in [0.05, 0.1) is 0 Å². The van der Waals surface area contributed by atoms with Crippen LogP contribution >= 0.6 is 0 Å². The Kier molecular flexibility index (Phi) is 7.64. The molecule has 0 aromatic rings. The van der Waals surface area contributed by atoms with Gasteiger partial charge >= 0.3 is 0 Å². The molecule has 0 aliphatic carbocycles. The molecule has 2 saturated heterocycles. The van der Waals surface area contributed by atoms with Crippen LogP contribution in [0.1, 0.15) is 59.8 Å². The van der Waals surface area contributed by atoms with Gasteiger partial charge in [-0.15, -0.1) is 0 Å². The van der Waals surface area contributed by atoms with Crippen LogP contribution in [0.25, 0.3) is 0 Å². The zero-order valence-corrected chi connectivity index (χ0v) is 14.3. The van der Waals surface area contributed by atoms with Crippen molar-refractivity contribution in [1.29, 1.82) is 0 Å². The third kappa shape index (κ3) is 5.57. The molecule has 3 nitrogen and oxygen atoms in total. The molecule has 0 bridgehead atoms. The Hall–Kier alpha value is -0.640. The second kappa shape index (κ2) is 8.72. The highest BCUT2D eigenvalue weighted by atomic mass is 19.1. The number of carbonyl (C=O) groups is 1. The summed E-state index contributed by atoms with van der Waals surface area (Å²) in [4.78, 5) is 15.7. The lowest BCUT2D eigenvalue weighted by Crippen LogP contribution is -2.50. The van der Waals surface area contributed by atoms with Crippen molar-refractivity contribution in [2.45, 2.75) is 65.5 Å². The maximum absolute atomic E-state index is 14.8.